The number of ether oxygens (including phenoxy) is 1. The molecule has 1 aromatic rings. The van der Waals surface area contributed by atoms with Gasteiger partial charge in [-0.3, -0.25) is 4.21 Å². The van der Waals surface area contributed by atoms with Crippen molar-refractivity contribution >= 4 is 10.8 Å². The van der Waals surface area contributed by atoms with Gasteiger partial charge in [0.05, 0.1) is 23.0 Å². The van der Waals surface area contributed by atoms with E-state index in [-0.39, 0.29) is 11.4 Å². The van der Waals surface area contributed by atoms with E-state index >= 15 is 0 Å². The molecule has 0 N–H and O–H groups in total. The SMILES string of the molecule is Cc1cc(C#N)ccc1CS(=O)C1CCOC1C. The molecule has 1 saturated heterocycles. The highest BCUT2D eigenvalue weighted by molar-refractivity contribution is 7.84. The molecule has 18 heavy (non-hydrogen) atoms. The van der Waals surface area contributed by atoms with Crippen LogP contribution >= 0.6 is 0 Å². The molecule has 0 spiro atoms. The highest BCUT2D eigenvalue weighted by Gasteiger charge is 2.29. The standard InChI is InChI=1S/C14H17NO2S/c1-10-7-12(8-15)3-4-13(10)9-18(16)14-5-6-17-11(14)2/h3-4,7,11,14H,5-6,9H2,1-2H3. The van der Waals surface area contributed by atoms with Gasteiger partial charge in [0.1, 0.15) is 0 Å². The van der Waals surface area contributed by atoms with Crippen LogP contribution in [-0.4, -0.2) is 22.2 Å². The molecule has 1 aliphatic rings. The van der Waals surface area contributed by atoms with Gasteiger partial charge >= 0.3 is 0 Å². The Kier molecular flexibility index (Phi) is 4.15. The number of benzene rings is 1. The molecule has 4 heteroatoms. The fraction of sp³-hybridized carbons (Fsp3) is 0.500. The molecule has 1 heterocycles. The fourth-order valence-corrected chi connectivity index (χ4v) is 3.95. The number of hydrogen-bond acceptors (Lipinski definition) is 3. The molecule has 1 fully saturated rings. The Balaban J connectivity index is 2.10. The summed E-state index contributed by atoms with van der Waals surface area (Å²) in [5.41, 5.74) is 2.75. The highest BCUT2D eigenvalue weighted by atomic mass is 32.2. The topological polar surface area (TPSA) is 50.1 Å². The number of hydrogen-bond donors (Lipinski definition) is 0. The minimum Gasteiger partial charge on any atom is -0.377 e. The van der Waals surface area contributed by atoms with Crippen molar-refractivity contribution in [1.82, 2.24) is 0 Å². The fourth-order valence-electron chi connectivity index (χ4n) is 2.24. The van der Waals surface area contributed by atoms with Crippen LogP contribution in [0.25, 0.3) is 0 Å². The Labute approximate surface area is 110 Å². The first kappa shape index (κ1) is 13.3. The smallest absolute Gasteiger partial charge is 0.0991 e. The lowest BCUT2D eigenvalue weighted by atomic mass is 10.1. The van der Waals surface area contributed by atoms with Crippen molar-refractivity contribution in [2.24, 2.45) is 0 Å². The van der Waals surface area contributed by atoms with Crippen LogP contribution in [0.4, 0.5) is 0 Å². The summed E-state index contributed by atoms with van der Waals surface area (Å²) in [5, 5.41) is 8.95. The quantitative estimate of drug-likeness (QED) is 0.840. The zero-order valence-electron chi connectivity index (χ0n) is 10.7. The predicted octanol–water partition coefficient (Wildman–Crippen LogP) is 2.29. The van der Waals surface area contributed by atoms with E-state index in [1.54, 1.807) is 6.07 Å². The maximum absolute atomic E-state index is 12.3. The van der Waals surface area contributed by atoms with Gasteiger partial charge < -0.3 is 4.74 Å². The average Bonchev–Trinajstić information content (AvgIpc) is 2.78. The van der Waals surface area contributed by atoms with E-state index in [9.17, 15) is 4.21 Å². The molecule has 2 rings (SSSR count). The first-order chi connectivity index (χ1) is 8.61. The average molecular weight is 263 g/mol. The third-order valence-electron chi connectivity index (χ3n) is 3.41. The van der Waals surface area contributed by atoms with Gasteiger partial charge in [-0.1, -0.05) is 6.07 Å². The molecule has 0 saturated carbocycles. The molecule has 3 nitrogen and oxygen atoms in total. The van der Waals surface area contributed by atoms with Gasteiger partial charge in [0.2, 0.25) is 0 Å². The third-order valence-corrected chi connectivity index (χ3v) is 5.30. The number of nitriles is 1. The van der Waals surface area contributed by atoms with Crippen LogP contribution < -0.4 is 0 Å². The normalized spacial score (nSPS) is 24.7. The Morgan fingerprint density at radius 1 is 1.56 bits per heavy atom. The van der Waals surface area contributed by atoms with Crippen molar-refractivity contribution in [2.75, 3.05) is 6.61 Å². The van der Waals surface area contributed by atoms with Crippen molar-refractivity contribution in [3.05, 3.63) is 34.9 Å². The molecule has 1 aromatic carbocycles. The molecule has 0 amide bonds. The summed E-state index contributed by atoms with van der Waals surface area (Å²) in [7, 11) is -0.903. The molecule has 3 atom stereocenters. The summed E-state index contributed by atoms with van der Waals surface area (Å²) < 4.78 is 17.8. The Morgan fingerprint density at radius 2 is 2.33 bits per heavy atom. The molecule has 0 aliphatic carbocycles. The largest absolute Gasteiger partial charge is 0.377 e. The monoisotopic (exact) mass is 263 g/mol. The van der Waals surface area contributed by atoms with Crippen molar-refractivity contribution in [3.8, 4) is 6.07 Å². The Hall–Kier alpha value is -1.18. The van der Waals surface area contributed by atoms with E-state index < -0.39 is 10.8 Å². The van der Waals surface area contributed by atoms with E-state index in [0.29, 0.717) is 17.9 Å². The van der Waals surface area contributed by atoms with Gasteiger partial charge in [0.15, 0.2) is 0 Å². The first-order valence-corrected chi connectivity index (χ1v) is 7.48. The van der Waals surface area contributed by atoms with E-state index in [1.807, 2.05) is 26.0 Å². The van der Waals surface area contributed by atoms with Crippen LogP contribution in [0.5, 0.6) is 0 Å². The summed E-state index contributed by atoms with van der Waals surface area (Å²) in [6.45, 7) is 4.66. The second kappa shape index (κ2) is 5.64. The van der Waals surface area contributed by atoms with Gasteiger partial charge in [-0.25, -0.2) is 0 Å². The number of nitrogens with zero attached hydrogens (tertiary/aromatic N) is 1. The first-order valence-electron chi connectivity index (χ1n) is 6.10. The molecule has 0 bridgehead atoms. The summed E-state index contributed by atoms with van der Waals surface area (Å²) >= 11 is 0. The second-order valence-electron chi connectivity index (χ2n) is 4.68. The lowest BCUT2D eigenvalue weighted by Gasteiger charge is -2.14. The Bertz CT molecular complexity index is 507. The molecular formula is C14H17NO2S. The summed E-state index contributed by atoms with van der Waals surface area (Å²) in [6, 6.07) is 7.66. The molecule has 0 aromatic heterocycles. The third kappa shape index (κ3) is 2.80. The van der Waals surface area contributed by atoms with Crippen LogP contribution in [0.3, 0.4) is 0 Å². The number of rotatable bonds is 3. The predicted molar refractivity (Wildman–Crippen MR) is 71.6 cm³/mol. The van der Waals surface area contributed by atoms with Crippen molar-refractivity contribution in [1.29, 1.82) is 5.26 Å². The van der Waals surface area contributed by atoms with E-state index in [1.165, 1.54) is 0 Å². The highest BCUT2D eigenvalue weighted by Crippen LogP contribution is 2.22. The zero-order chi connectivity index (χ0) is 13.1. The maximum atomic E-state index is 12.3. The lowest BCUT2D eigenvalue weighted by molar-refractivity contribution is 0.127. The Morgan fingerprint density at radius 3 is 2.89 bits per heavy atom. The molecule has 3 unspecified atom stereocenters. The van der Waals surface area contributed by atoms with E-state index in [0.717, 1.165) is 17.5 Å². The number of aryl methyl sites for hydroxylation is 1. The van der Waals surface area contributed by atoms with Crippen LogP contribution in [0, 0.1) is 18.3 Å². The lowest BCUT2D eigenvalue weighted by Crippen LogP contribution is -2.24. The van der Waals surface area contributed by atoms with Crippen LogP contribution in [0.15, 0.2) is 18.2 Å². The van der Waals surface area contributed by atoms with Crippen LogP contribution in [0.2, 0.25) is 0 Å². The van der Waals surface area contributed by atoms with Crippen molar-refractivity contribution in [3.63, 3.8) is 0 Å². The van der Waals surface area contributed by atoms with Crippen molar-refractivity contribution < 1.29 is 8.95 Å². The molecule has 96 valence electrons. The minimum absolute atomic E-state index is 0.0875. The van der Waals surface area contributed by atoms with Gasteiger partial charge in [0.25, 0.3) is 0 Å². The molecular weight excluding hydrogens is 246 g/mol. The van der Waals surface area contributed by atoms with Crippen LogP contribution in [-0.2, 0) is 21.3 Å². The minimum atomic E-state index is -0.903. The molecule has 0 radical (unpaired) electrons. The zero-order valence-corrected chi connectivity index (χ0v) is 11.5. The van der Waals surface area contributed by atoms with E-state index in [2.05, 4.69) is 6.07 Å². The summed E-state index contributed by atoms with van der Waals surface area (Å²) in [6.07, 6.45) is 0.966. The maximum Gasteiger partial charge on any atom is 0.0991 e. The van der Waals surface area contributed by atoms with Crippen LogP contribution in [0.1, 0.15) is 30.0 Å². The van der Waals surface area contributed by atoms with Gasteiger partial charge in [-0.15, -0.1) is 0 Å². The van der Waals surface area contributed by atoms with Gasteiger partial charge in [0, 0.05) is 23.2 Å². The second-order valence-corrected chi connectivity index (χ2v) is 6.34. The van der Waals surface area contributed by atoms with E-state index in [4.69, 9.17) is 10.00 Å². The summed E-state index contributed by atoms with van der Waals surface area (Å²) in [5.74, 6) is 0.551. The molecule has 1 aliphatic heterocycles. The van der Waals surface area contributed by atoms with Gasteiger partial charge in [-0.05, 0) is 43.5 Å². The van der Waals surface area contributed by atoms with Crippen molar-refractivity contribution in [2.45, 2.75) is 37.4 Å². The summed E-state index contributed by atoms with van der Waals surface area (Å²) in [4.78, 5) is 0. The van der Waals surface area contributed by atoms with Gasteiger partial charge in [-0.2, -0.15) is 5.26 Å².